The van der Waals surface area contributed by atoms with Gasteiger partial charge < -0.3 is 14.3 Å². The molecule has 0 amide bonds. The number of ketones is 1. The number of phenolic OH excluding ortho intramolecular Hbond substituents is 1. The van der Waals surface area contributed by atoms with E-state index in [1.54, 1.807) is 18.2 Å². The maximum Gasteiger partial charge on any atom is 0.204 e. The van der Waals surface area contributed by atoms with E-state index in [0.717, 1.165) is 4.47 Å². The molecule has 1 heterocycles. The van der Waals surface area contributed by atoms with Crippen LogP contribution in [0.5, 0.6) is 11.5 Å². The predicted octanol–water partition coefficient (Wildman–Crippen LogP) is 3.38. The summed E-state index contributed by atoms with van der Waals surface area (Å²) in [6, 6.07) is 7.85. The number of hydrogen-bond donors (Lipinski definition) is 1. The maximum atomic E-state index is 12.5. The minimum Gasteiger partial charge on any atom is -0.507 e. The van der Waals surface area contributed by atoms with E-state index in [2.05, 4.69) is 15.9 Å². The van der Waals surface area contributed by atoms with Crippen LogP contribution in [-0.2, 0) is 4.79 Å². The first-order valence-corrected chi connectivity index (χ1v) is 7.26. The largest absolute Gasteiger partial charge is 0.507 e. The number of carbonyl (C=O) groups is 1. The van der Waals surface area contributed by atoms with Crippen molar-refractivity contribution in [1.29, 1.82) is 0 Å². The third-order valence-corrected chi connectivity index (χ3v) is 3.62. The number of benzene rings is 2. The molecule has 5 nitrogen and oxygen atoms in total. The van der Waals surface area contributed by atoms with E-state index in [0.29, 0.717) is 11.0 Å². The Morgan fingerprint density at radius 3 is 2.77 bits per heavy atom. The molecule has 1 aromatic heterocycles. The summed E-state index contributed by atoms with van der Waals surface area (Å²) in [7, 11) is 0. The molecule has 0 saturated carbocycles. The molecule has 22 heavy (non-hydrogen) atoms. The Balaban J connectivity index is 2.26. The van der Waals surface area contributed by atoms with Crippen LogP contribution in [0.1, 0.15) is 6.92 Å². The summed E-state index contributed by atoms with van der Waals surface area (Å²) in [4.78, 5) is 23.5. The lowest BCUT2D eigenvalue weighted by Crippen LogP contribution is -2.07. The van der Waals surface area contributed by atoms with Gasteiger partial charge in [-0.1, -0.05) is 15.9 Å². The number of aromatic hydroxyl groups is 1. The number of halogens is 1. The van der Waals surface area contributed by atoms with Gasteiger partial charge in [-0.25, -0.2) is 0 Å². The number of hydrogen-bond acceptors (Lipinski definition) is 5. The van der Waals surface area contributed by atoms with Crippen LogP contribution in [0.25, 0.3) is 21.9 Å². The van der Waals surface area contributed by atoms with Crippen LogP contribution in [-0.4, -0.2) is 17.5 Å². The standard InChI is InChI=1S/C16H11BrO5/c1-8(18)7-21-10-5-12(19)15-14(6-10)22-13-3-2-9(17)4-11(13)16(15)20/h2-6,19H,7H2,1H3. The number of Topliss-reactive ketones (excluding diaryl/α,β-unsaturated/α-hetero) is 1. The lowest BCUT2D eigenvalue weighted by atomic mass is 10.1. The molecular formula is C16H11BrO5. The van der Waals surface area contributed by atoms with Crippen molar-refractivity contribution >= 4 is 43.7 Å². The average molecular weight is 363 g/mol. The van der Waals surface area contributed by atoms with Crippen molar-refractivity contribution in [3.63, 3.8) is 0 Å². The van der Waals surface area contributed by atoms with Gasteiger partial charge in [-0.2, -0.15) is 0 Å². The van der Waals surface area contributed by atoms with E-state index in [1.165, 1.54) is 19.1 Å². The molecule has 1 N–H and O–H groups in total. The lowest BCUT2D eigenvalue weighted by molar-refractivity contribution is -0.118. The van der Waals surface area contributed by atoms with E-state index < -0.39 is 0 Å². The summed E-state index contributed by atoms with van der Waals surface area (Å²) < 4.78 is 11.7. The van der Waals surface area contributed by atoms with Crippen molar-refractivity contribution in [3.05, 3.63) is 45.0 Å². The fraction of sp³-hybridized carbons (Fsp3) is 0.125. The second-order valence-corrected chi connectivity index (χ2v) is 5.79. The van der Waals surface area contributed by atoms with Crippen LogP contribution >= 0.6 is 15.9 Å². The van der Waals surface area contributed by atoms with Gasteiger partial charge in [0.15, 0.2) is 5.78 Å². The van der Waals surface area contributed by atoms with Crippen LogP contribution in [0, 0.1) is 0 Å². The molecule has 2 aromatic carbocycles. The van der Waals surface area contributed by atoms with Gasteiger partial charge in [0.2, 0.25) is 5.43 Å². The molecule has 0 bridgehead atoms. The van der Waals surface area contributed by atoms with Gasteiger partial charge in [0.1, 0.15) is 34.7 Å². The zero-order valence-electron chi connectivity index (χ0n) is 11.6. The number of phenols is 1. The highest BCUT2D eigenvalue weighted by atomic mass is 79.9. The van der Waals surface area contributed by atoms with E-state index in [9.17, 15) is 14.7 Å². The number of rotatable bonds is 3. The second-order valence-electron chi connectivity index (χ2n) is 4.88. The third-order valence-electron chi connectivity index (χ3n) is 3.13. The van der Waals surface area contributed by atoms with Gasteiger partial charge in [-0.05, 0) is 25.1 Å². The quantitative estimate of drug-likeness (QED) is 0.722. The third kappa shape index (κ3) is 2.57. The smallest absolute Gasteiger partial charge is 0.204 e. The van der Waals surface area contributed by atoms with E-state index in [4.69, 9.17) is 9.15 Å². The predicted molar refractivity (Wildman–Crippen MR) is 85.5 cm³/mol. The Kier molecular flexibility index (Phi) is 3.62. The highest BCUT2D eigenvalue weighted by molar-refractivity contribution is 9.10. The molecule has 0 aliphatic carbocycles. The van der Waals surface area contributed by atoms with Crippen LogP contribution < -0.4 is 10.2 Å². The first kappa shape index (κ1) is 14.6. The molecule has 3 aromatic rings. The van der Waals surface area contributed by atoms with Gasteiger partial charge >= 0.3 is 0 Å². The Bertz CT molecular complexity index is 958. The maximum absolute atomic E-state index is 12.5. The van der Waals surface area contributed by atoms with Crippen molar-refractivity contribution in [2.24, 2.45) is 0 Å². The molecule has 0 spiro atoms. The van der Waals surface area contributed by atoms with E-state index in [1.807, 2.05) is 0 Å². The Hall–Kier alpha value is -2.34. The van der Waals surface area contributed by atoms with Gasteiger partial charge in [-0.15, -0.1) is 0 Å². The molecule has 0 aliphatic heterocycles. The summed E-state index contributed by atoms with van der Waals surface area (Å²) >= 11 is 3.30. The van der Waals surface area contributed by atoms with Crippen LogP contribution in [0.15, 0.2) is 44.0 Å². The summed E-state index contributed by atoms with van der Waals surface area (Å²) in [5.74, 6) is -0.129. The number of carbonyl (C=O) groups excluding carboxylic acids is 1. The van der Waals surface area contributed by atoms with Crippen molar-refractivity contribution in [2.45, 2.75) is 6.92 Å². The van der Waals surface area contributed by atoms with Crippen molar-refractivity contribution in [3.8, 4) is 11.5 Å². The molecule has 3 rings (SSSR count). The van der Waals surface area contributed by atoms with Crippen LogP contribution in [0.3, 0.4) is 0 Å². The fourth-order valence-electron chi connectivity index (χ4n) is 2.17. The molecular weight excluding hydrogens is 352 g/mol. The van der Waals surface area contributed by atoms with Crippen molar-refractivity contribution < 1.29 is 19.1 Å². The summed E-state index contributed by atoms with van der Waals surface area (Å²) in [5.41, 5.74) is 0.287. The van der Waals surface area contributed by atoms with Crippen LogP contribution in [0.2, 0.25) is 0 Å². The lowest BCUT2D eigenvalue weighted by Gasteiger charge is -2.08. The highest BCUT2D eigenvalue weighted by Gasteiger charge is 2.14. The van der Waals surface area contributed by atoms with Gasteiger partial charge in [-0.3, -0.25) is 9.59 Å². The Morgan fingerprint density at radius 1 is 1.27 bits per heavy atom. The minimum atomic E-state index is -0.326. The molecule has 0 aliphatic rings. The molecule has 0 radical (unpaired) electrons. The topological polar surface area (TPSA) is 76.7 Å². The molecule has 0 saturated heterocycles. The zero-order chi connectivity index (χ0) is 15.9. The molecule has 0 unspecified atom stereocenters. The summed E-state index contributed by atoms with van der Waals surface area (Å²) in [5, 5.41) is 10.5. The summed E-state index contributed by atoms with van der Waals surface area (Å²) in [6.45, 7) is 1.28. The van der Waals surface area contributed by atoms with Gasteiger partial charge in [0.05, 0.1) is 5.39 Å². The number of ether oxygens (including phenoxy) is 1. The fourth-order valence-corrected chi connectivity index (χ4v) is 2.54. The monoisotopic (exact) mass is 362 g/mol. The van der Waals surface area contributed by atoms with Crippen molar-refractivity contribution in [2.75, 3.05) is 6.61 Å². The molecule has 0 atom stereocenters. The number of fused-ring (bicyclic) bond motifs is 2. The Labute approximate surface area is 133 Å². The second kappa shape index (κ2) is 5.46. The zero-order valence-corrected chi connectivity index (χ0v) is 13.1. The average Bonchev–Trinajstić information content (AvgIpc) is 2.45. The molecule has 112 valence electrons. The first-order valence-electron chi connectivity index (χ1n) is 6.47. The molecule has 6 heteroatoms. The van der Waals surface area contributed by atoms with Gasteiger partial charge in [0.25, 0.3) is 0 Å². The van der Waals surface area contributed by atoms with Crippen LogP contribution in [0.4, 0.5) is 0 Å². The minimum absolute atomic E-state index is 0.0841. The van der Waals surface area contributed by atoms with Gasteiger partial charge in [0, 0.05) is 16.6 Å². The highest BCUT2D eigenvalue weighted by Crippen LogP contribution is 2.31. The van der Waals surface area contributed by atoms with Crippen molar-refractivity contribution in [1.82, 2.24) is 0 Å². The van der Waals surface area contributed by atoms with E-state index >= 15 is 0 Å². The first-order chi connectivity index (χ1) is 10.5. The Morgan fingerprint density at radius 2 is 2.05 bits per heavy atom. The van der Waals surface area contributed by atoms with E-state index in [-0.39, 0.29) is 40.3 Å². The SMILES string of the molecule is CC(=O)COc1cc(O)c2c(=O)c3cc(Br)ccc3oc2c1. The normalized spacial score (nSPS) is 11.0. The molecule has 0 fully saturated rings. The summed E-state index contributed by atoms with van der Waals surface area (Å²) in [6.07, 6.45) is 0.